The molecule has 1 nitrogen and oxygen atoms in total. The Balaban J connectivity index is 1.94. The molecule has 0 radical (unpaired) electrons. The van der Waals surface area contributed by atoms with Crippen molar-refractivity contribution in [1.29, 1.82) is 0 Å². The van der Waals surface area contributed by atoms with E-state index in [0.29, 0.717) is 12.5 Å². The summed E-state index contributed by atoms with van der Waals surface area (Å²) in [5.74, 6) is 0. The molecule has 1 heterocycles. The molecule has 2 rings (SSSR count). The molecule has 1 N–H and O–H groups in total. The third kappa shape index (κ3) is 2.15. The second kappa shape index (κ2) is 4.89. The number of hydrogen-bond donors (Lipinski definition) is 1. The summed E-state index contributed by atoms with van der Waals surface area (Å²) < 4.78 is 11.9. The number of rotatable bonds is 4. The van der Waals surface area contributed by atoms with Crippen LogP contribution in [-0.2, 0) is 6.42 Å². The van der Waals surface area contributed by atoms with Crippen molar-refractivity contribution in [3.8, 4) is 0 Å². The van der Waals surface area contributed by atoms with Crippen molar-refractivity contribution in [2.24, 2.45) is 0 Å². The van der Waals surface area contributed by atoms with Crippen LogP contribution in [0.25, 0.3) is 0 Å². The van der Waals surface area contributed by atoms with Crippen molar-refractivity contribution >= 4 is 11.3 Å². The molecule has 78 valence electrons. The molecule has 1 aromatic rings. The second-order valence-electron chi connectivity index (χ2n) is 3.74. The Bertz CT molecular complexity index is 285. The SMILES string of the molecule is FCCCNC1CCCc2sccc21. The molecule has 1 atom stereocenters. The topological polar surface area (TPSA) is 12.0 Å². The zero-order chi connectivity index (χ0) is 9.80. The van der Waals surface area contributed by atoms with Gasteiger partial charge in [-0.15, -0.1) is 11.3 Å². The molecule has 1 aromatic heterocycles. The molecule has 14 heavy (non-hydrogen) atoms. The number of thiophene rings is 1. The predicted molar refractivity (Wildman–Crippen MR) is 58.6 cm³/mol. The van der Waals surface area contributed by atoms with Crippen LogP contribution in [0.2, 0.25) is 0 Å². The smallest absolute Gasteiger partial charge is 0.0906 e. The van der Waals surface area contributed by atoms with Crippen molar-refractivity contribution in [3.63, 3.8) is 0 Å². The first-order chi connectivity index (χ1) is 6.92. The largest absolute Gasteiger partial charge is 0.310 e. The molecule has 0 aromatic carbocycles. The van der Waals surface area contributed by atoms with Gasteiger partial charge in [-0.1, -0.05) is 0 Å². The van der Waals surface area contributed by atoms with Gasteiger partial charge in [0, 0.05) is 10.9 Å². The Labute approximate surface area is 88.3 Å². The van der Waals surface area contributed by atoms with E-state index in [2.05, 4.69) is 16.8 Å². The highest BCUT2D eigenvalue weighted by Gasteiger charge is 2.19. The van der Waals surface area contributed by atoms with Crippen LogP contribution in [0.1, 0.15) is 35.7 Å². The summed E-state index contributed by atoms with van der Waals surface area (Å²) >= 11 is 1.85. The first-order valence-electron chi connectivity index (χ1n) is 5.27. The van der Waals surface area contributed by atoms with Crippen LogP contribution >= 0.6 is 11.3 Å². The molecular weight excluding hydrogens is 197 g/mol. The van der Waals surface area contributed by atoms with Crippen LogP contribution in [0.15, 0.2) is 11.4 Å². The van der Waals surface area contributed by atoms with Crippen molar-refractivity contribution in [2.45, 2.75) is 31.7 Å². The van der Waals surface area contributed by atoms with Crippen molar-refractivity contribution < 1.29 is 4.39 Å². The van der Waals surface area contributed by atoms with Crippen LogP contribution in [0.3, 0.4) is 0 Å². The maximum Gasteiger partial charge on any atom is 0.0906 e. The van der Waals surface area contributed by atoms with E-state index in [0.717, 1.165) is 6.54 Å². The zero-order valence-corrected chi connectivity index (χ0v) is 9.08. The van der Waals surface area contributed by atoms with Crippen LogP contribution in [0.4, 0.5) is 4.39 Å². The van der Waals surface area contributed by atoms with Crippen LogP contribution in [0.5, 0.6) is 0 Å². The lowest BCUT2D eigenvalue weighted by atomic mass is 9.94. The molecule has 0 saturated heterocycles. The van der Waals surface area contributed by atoms with Gasteiger partial charge in [0.15, 0.2) is 0 Å². The summed E-state index contributed by atoms with van der Waals surface area (Å²) in [5, 5.41) is 5.60. The molecule has 1 aliphatic rings. The van der Waals surface area contributed by atoms with E-state index in [9.17, 15) is 4.39 Å². The molecule has 0 bridgehead atoms. The highest BCUT2D eigenvalue weighted by Crippen LogP contribution is 2.32. The number of aryl methyl sites for hydroxylation is 1. The summed E-state index contributed by atoms with van der Waals surface area (Å²) in [6.07, 6.45) is 4.33. The van der Waals surface area contributed by atoms with Gasteiger partial charge in [-0.25, -0.2) is 0 Å². The number of nitrogens with one attached hydrogen (secondary N) is 1. The van der Waals surface area contributed by atoms with Gasteiger partial charge < -0.3 is 5.32 Å². The average molecular weight is 213 g/mol. The summed E-state index contributed by atoms with van der Waals surface area (Å²) in [5.41, 5.74) is 1.46. The Morgan fingerprint density at radius 2 is 2.50 bits per heavy atom. The zero-order valence-electron chi connectivity index (χ0n) is 8.26. The van der Waals surface area contributed by atoms with Crippen molar-refractivity contribution in [3.05, 3.63) is 21.9 Å². The van der Waals surface area contributed by atoms with Gasteiger partial charge in [0.1, 0.15) is 0 Å². The molecule has 0 amide bonds. The molecule has 1 unspecified atom stereocenters. The Hall–Kier alpha value is -0.410. The first-order valence-corrected chi connectivity index (χ1v) is 6.15. The highest BCUT2D eigenvalue weighted by atomic mass is 32.1. The number of hydrogen-bond acceptors (Lipinski definition) is 2. The van der Waals surface area contributed by atoms with E-state index in [4.69, 9.17) is 0 Å². The van der Waals surface area contributed by atoms with Gasteiger partial charge >= 0.3 is 0 Å². The fraction of sp³-hybridized carbons (Fsp3) is 0.636. The lowest BCUT2D eigenvalue weighted by Crippen LogP contribution is -2.25. The van der Waals surface area contributed by atoms with E-state index in [1.54, 1.807) is 0 Å². The molecule has 1 aliphatic carbocycles. The van der Waals surface area contributed by atoms with Gasteiger partial charge in [0.05, 0.1) is 6.67 Å². The molecule has 0 fully saturated rings. The van der Waals surface area contributed by atoms with Crippen molar-refractivity contribution in [2.75, 3.05) is 13.2 Å². The minimum Gasteiger partial charge on any atom is -0.310 e. The van der Waals surface area contributed by atoms with E-state index in [-0.39, 0.29) is 6.67 Å². The van der Waals surface area contributed by atoms with E-state index in [1.807, 2.05) is 11.3 Å². The third-order valence-corrected chi connectivity index (χ3v) is 3.75. The van der Waals surface area contributed by atoms with Gasteiger partial charge in [0.25, 0.3) is 0 Å². The second-order valence-corrected chi connectivity index (χ2v) is 4.74. The number of halogens is 1. The maximum atomic E-state index is 11.9. The quantitative estimate of drug-likeness (QED) is 0.758. The van der Waals surface area contributed by atoms with Gasteiger partial charge in [-0.05, 0) is 49.2 Å². The Morgan fingerprint density at radius 3 is 3.36 bits per heavy atom. The van der Waals surface area contributed by atoms with E-state index >= 15 is 0 Å². The molecule has 0 saturated carbocycles. The molecule has 0 aliphatic heterocycles. The number of alkyl halides is 1. The Morgan fingerprint density at radius 1 is 1.57 bits per heavy atom. The highest BCUT2D eigenvalue weighted by molar-refractivity contribution is 7.10. The van der Waals surface area contributed by atoms with E-state index < -0.39 is 0 Å². The van der Waals surface area contributed by atoms with Gasteiger partial charge in [0.2, 0.25) is 0 Å². The Kier molecular flexibility index (Phi) is 3.54. The minimum atomic E-state index is -0.212. The molecular formula is C11H16FNS. The van der Waals surface area contributed by atoms with E-state index in [1.165, 1.54) is 29.7 Å². The summed E-state index contributed by atoms with van der Waals surface area (Å²) in [4.78, 5) is 1.52. The monoisotopic (exact) mass is 213 g/mol. The predicted octanol–water partition coefficient (Wildman–Crippen LogP) is 3.07. The standard InChI is InChI=1S/C11H16FNS/c12-6-2-7-13-10-3-1-4-11-9(10)5-8-14-11/h5,8,10,13H,1-4,6-7H2. The summed E-state index contributed by atoms with van der Waals surface area (Å²) in [6.45, 7) is 0.590. The molecule has 3 heteroatoms. The number of fused-ring (bicyclic) bond motifs is 1. The summed E-state index contributed by atoms with van der Waals surface area (Å²) in [6, 6.07) is 2.70. The van der Waals surface area contributed by atoms with Crippen LogP contribution in [0, 0.1) is 0 Å². The average Bonchev–Trinajstić information content (AvgIpc) is 2.67. The lowest BCUT2D eigenvalue weighted by molar-refractivity contribution is 0.418. The fourth-order valence-electron chi connectivity index (χ4n) is 2.04. The summed E-state index contributed by atoms with van der Waals surface area (Å²) in [7, 11) is 0. The third-order valence-electron chi connectivity index (χ3n) is 2.75. The fourth-order valence-corrected chi connectivity index (χ4v) is 3.03. The maximum absolute atomic E-state index is 11.9. The van der Waals surface area contributed by atoms with Gasteiger partial charge in [-0.2, -0.15) is 0 Å². The normalized spacial score (nSPS) is 20.8. The van der Waals surface area contributed by atoms with Gasteiger partial charge in [-0.3, -0.25) is 4.39 Å². The van der Waals surface area contributed by atoms with Crippen molar-refractivity contribution in [1.82, 2.24) is 5.32 Å². The van der Waals surface area contributed by atoms with Crippen LogP contribution in [-0.4, -0.2) is 13.2 Å². The first kappa shape index (κ1) is 10.1. The molecule has 0 spiro atoms. The van der Waals surface area contributed by atoms with Crippen LogP contribution < -0.4 is 5.32 Å². The minimum absolute atomic E-state index is 0.212. The lowest BCUT2D eigenvalue weighted by Gasteiger charge is -2.23.